The molecule has 0 aliphatic heterocycles. The molecule has 0 heterocycles. The van der Waals surface area contributed by atoms with E-state index >= 15 is 0 Å². The fourth-order valence-corrected chi connectivity index (χ4v) is 2.02. The van der Waals surface area contributed by atoms with E-state index in [1.807, 2.05) is 24.3 Å². The largest absolute Gasteiger partial charge is 0.0843 e. The summed E-state index contributed by atoms with van der Waals surface area (Å²) in [5.74, 6) is 0. The number of rotatable bonds is 1. The molecule has 15 heavy (non-hydrogen) atoms. The Balaban J connectivity index is 2.53. The summed E-state index contributed by atoms with van der Waals surface area (Å²) in [7, 11) is 0. The normalized spacial score (nSPS) is 10.3. The summed E-state index contributed by atoms with van der Waals surface area (Å²) in [6, 6.07) is 14.2. The summed E-state index contributed by atoms with van der Waals surface area (Å²) in [5, 5.41) is 0.770. The van der Waals surface area contributed by atoms with Crippen molar-refractivity contribution in [3.8, 4) is 11.1 Å². The van der Waals surface area contributed by atoms with Gasteiger partial charge in [0.15, 0.2) is 0 Å². The molecule has 0 N–H and O–H groups in total. The molecule has 0 atom stereocenters. The zero-order chi connectivity index (χ0) is 10.8. The molecule has 0 radical (unpaired) electrons. The van der Waals surface area contributed by atoms with Crippen molar-refractivity contribution in [2.75, 3.05) is 0 Å². The second-order valence-electron chi connectivity index (χ2n) is 3.47. The summed E-state index contributed by atoms with van der Waals surface area (Å²) in [5.41, 5.74) is 3.69. The third-order valence-electron chi connectivity index (χ3n) is 2.35. The Bertz CT molecular complexity index is 474. The lowest BCUT2D eigenvalue weighted by Gasteiger charge is -2.06. The Morgan fingerprint density at radius 2 is 1.67 bits per heavy atom. The molecule has 0 bridgehead atoms. The first-order chi connectivity index (χ1) is 7.16. The Hall–Kier alpha value is -0.790. The average Bonchev–Trinajstić information content (AvgIpc) is 2.23. The van der Waals surface area contributed by atoms with Crippen molar-refractivity contribution in [2.24, 2.45) is 0 Å². The van der Waals surface area contributed by atoms with E-state index in [1.54, 1.807) is 0 Å². The third kappa shape index (κ3) is 2.42. The van der Waals surface area contributed by atoms with Gasteiger partial charge in [-0.25, -0.2) is 0 Å². The number of benzene rings is 2. The Morgan fingerprint density at radius 3 is 2.33 bits per heavy atom. The van der Waals surface area contributed by atoms with Gasteiger partial charge in [-0.05, 0) is 47.9 Å². The minimum Gasteiger partial charge on any atom is -0.0843 e. The topological polar surface area (TPSA) is 0 Å². The van der Waals surface area contributed by atoms with Crippen LogP contribution in [-0.2, 0) is 0 Å². The predicted octanol–water partition coefficient (Wildman–Crippen LogP) is 5.08. The van der Waals surface area contributed by atoms with Gasteiger partial charge in [-0.1, -0.05) is 45.7 Å². The second-order valence-corrected chi connectivity index (χ2v) is 4.82. The van der Waals surface area contributed by atoms with Crippen molar-refractivity contribution in [3.05, 3.63) is 57.5 Å². The zero-order valence-corrected chi connectivity index (χ0v) is 10.6. The monoisotopic (exact) mass is 280 g/mol. The molecule has 0 saturated heterocycles. The zero-order valence-electron chi connectivity index (χ0n) is 8.30. The van der Waals surface area contributed by atoms with Crippen molar-refractivity contribution in [1.82, 2.24) is 0 Å². The lowest BCUT2D eigenvalue weighted by Crippen LogP contribution is -1.82. The van der Waals surface area contributed by atoms with Crippen molar-refractivity contribution in [2.45, 2.75) is 6.92 Å². The van der Waals surface area contributed by atoms with E-state index in [1.165, 1.54) is 16.7 Å². The van der Waals surface area contributed by atoms with Gasteiger partial charge in [-0.15, -0.1) is 0 Å². The Morgan fingerprint density at radius 1 is 1.00 bits per heavy atom. The van der Waals surface area contributed by atoms with Crippen molar-refractivity contribution >= 4 is 27.5 Å². The molecule has 0 aliphatic carbocycles. The van der Waals surface area contributed by atoms with Crippen molar-refractivity contribution < 1.29 is 0 Å². The molecule has 0 aliphatic rings. The summed E-state index contributed by atoms with van der Waals surface area (Å²) in [6.07, 6.45) is 0. The van der Waals surface area contributed by atoms with Crippen LogP contribution in [0, 0.1) is 6.92 Å². The minimum absolute atomic E-state index is 0.770. The molecule has 76 valence electrons. The van der Waals surface area contributed by atoms with Crippen LogP contribution in [0.1, 0.15) is 5.56 Å². The van der Waals surface area contributed by atoms with Gasteiger partial charge in [0.1, 0.15) is 0 Å². The molecule has 0 fully saturated rings. The maximum atomic E-state index is 5.86. The highest BCUT2D eigenvalue weighted by atomic mass is 79.9. The number of halogens is 2. The molecule has 0 nitrogen and oxygen atoms in total. The van der Waals surface area contributed by atoms with E-state index in [2.05, 4.69) is 41.1 Å². The van der Waals surface area contributed by atoms with Gasteiger partial charge in [0, 0.05) is 9.50 Å². The third-order valence-corrected chi connectivity index (χ3v) is 3.10. The summed E-state index contributed by atoms with van der Waals surface area (Å²) in [6.45, 7) is 2.11. The van der Waals surface area contributed by atoms with Crippen molar-refractivity contribution in [3.63, 3.8) is 0 Å². The molecule has 0 unspecified atom stereocenters. The minimum atomic E-state index is 0.770. The van der Waals surface area contributed by atoms with E-state index in [4.69, 9.17) is 11.6 Å². The van der Waals surface area contributed by atoms with Crippen LogP contribution >= 0.6 is 27.5 Å². The standard InChI is InChI=1S/C13H10BrCl/c1-9-2-5-11(14)8-13(9)10-3-6-12(15)7-4-10/h2-8H,1H3. The molecule has 2 aromatic carbocycles. The summed E-state index contributed by atoms with van der Waals surface area (Å²) < 4.78 is 1.10. The Kier molecular flexibility index (Phi) is 3.13. The lowest BCUT2D eigenvalue weighted by molar-refractivity contribution is 1.44. The number of hydrogen-bond donors (Lipinski definition) is 0. The molecule has 2 aromatic rings. The van der Waals surface area contributed by atoms with Gasteiger partial charge in [0.05, 0.1) is 0 Å². The smallest absolute Gasteiger partial charge is 0.0406 e. The lowest BCUT2D eigenvalue weighted by atomic mass is 10.0. The van der Waals surface area contributed by atoms with Crippen LogP contribution in [0.25, 0.3) is 11.1 Å². The quantitative estimate of drug-likeness (QED) is 0.684. The molecule has 0 aromatic heterocycles. The fraction of sp³-hybridized carbons (Fsp3) is 0.0769. The van der Waals surface area contributed by atoms with E-state index < -0.39 is 0 Å². The molecule has 2 rings (SSSR count). The first-order valence-corrected chi connectivity index (χ1v) is 5.86. The molecule has 0 amide bonds. The van der Waals surface area contributed by atoms with E-state index in [-0.39, 0.29) is 0 Å². The predicted molar refractivity (Wildman–Crippen MR) is 69.3 cm³/mol. The molecular formula is C13H10BrCl. The van der Waals surface area contributed by atoms with Crippen molar-refractivity contribution in [1.29, 1.82) is 0 Å². The number of hydrogen-bond acceptors (Lipinski definition) is 0. The van der Waals surface area contributed by atoms with Crippen LogP contribution in [0.4, 0.5) is 0 Å². The van der Waals surface area contributed by atoms with E-state index in [9.17, 15) is 0 Å². The highest BCUT2D eigenvalue weighted by Crippen LogP contribution is 2.27. The second kappa shape index (κ2) is 4.38. The van der Waals surface area contributed by atoms with Crippen LogP contribution in [-0.4, -0.2) is 0 Å². The average molecular weight is 282 g/mol. The molecule has 2 heteroatoms. The van der Waals surface area contributed by atoms with E-state index in [0.29, 0.717) is 0 Å². The van der Waals surface area contributed by atoms with E-state index in [0.717, 1.165) is 9.50 Å². The SMILES string of the molecule is Cc1ccc(Br)cc1-c1ccc(Cl)cc1. The van der Waals surface area contributed by atoms with Crippen LogP contribution in [0.2, 0.25) is 5.02 Å². The first kappa shape index (κ1) is 10.7. The summed E-state index contributed by atoms with van der Waals surface area (Å²) in [4.78, 5) is 0. The maximum absolute atomic E-state index is 5.86. The van der Waals surface area contributed by atoms with Crippen LogP contribution in [0.5, 0.6) is 0 Å². The van der Waals surface area contributed by atoms with Gasteiger partial charge in [-0.3, -0.25) is 0 Å². The molecule has 0 saturated carbocycles. The summed E-state index contributed by atoms with van der Waals surface area (Å²) >= 11 is 9.34. The van der Waals surface area contributed by atoms with Gasteiger partial charge in [-0.2, -0.15) is 0 Å². The maximum Gasteiger partial charge on any atom is 0.0406 e. The first-order valence-electron chi connectivity index (χ1n) is 4.69. The molecule has 0 spiro atoms. The highest BCUT2D eigenvalue weighted by molar-refractivity contribution is 9.10. The van der Waals surface area contributed by atoms with Gasteiger partial charge >= 0.3 is 0 Å². The van der Waals surface area contributed by atoms with Gasteiger partial charge in [0.2, 0.25) is 0 Å². The van der Waals surface area contributed by atoms with Crippen LogP contribution < -0.4 is 0 Å². The molecular weight excluding hydrogens is 272 g/mol. The van der Waals surface area contributed by atoms with Gasteiger partial charge in [0.25, 0.3) is 0 Å². The van der Waals surface area contributed by atoms with Crippen LogP contribution in [0.15, 0.2) is 46.9 Å². The van der Waals surface area contributed by atoms with Gasteiger partial charge < -0.3 is 0 Å². The van der Waals surface area contributed by atoms with Crippen LogP contribution in [0.3, 0.4) is 0 Å². The highest BCUT2D eigenvalue weighted by Gasteiger charge is 2.02. The fourth-order valence-electron chi connectivity index (χ4n) is 1.53. The Labute approximate surface area is 103 Å². The number of aryl methyl sites for hydroxylation is 1.